The van der Waals surface area contributed by atoms with Gasteiger partial charge in [0.2, 0.25) is 0 Å². The second-order valence-electron chi connectivity index (χ2n) is 19.3. The number of anilines is 3. The summed E-state index contributed by atoms with van der Waals surface area (Å²) in [6.07, 6.45) is 0. The van der Waals surface area contributed by atoms with Crippen LogP contribution in [-0.4, -0.2) is 4.57 Å². The molecular formula is C69H50N2. The van der Waals surface area contributed by atoms with Crippen molar-refractivity contribution in [1.82, 2.24) is 4.57 Å². The molecule has 0 fully saturated rings. The summed E-state index contributed by atoms with van der Waals surface area (Å²) in [5.41, 5.74) is 23.8. The third-order valence-corrected chi connectivity index (χ3v) is 14.8. The molecule has 0 N–H and O–H groups in total. The Morgan fingerprint density at radius 3 is 1.51 bits per heavy atom. The minimum absolute atomic E-state index is 0.205. The topological polar surface area (TPSA) is 8.17 Å². The lowest BCUT2D eigenvalue weighted by atomic mass is 9.77. The molecule has 0 amide bonds. The highest BCUT2D eigenvalue weighted by Gasteiger charge is 2.38. The van der Waals surface area contributed by atoms with E-state index in [4.69, 9.17) is 0 Å². The van der Waals surface area contributed by atoms with Gasteiger partial charge in [-0.2, -0.15) is 0 Å². The van der Waals surface area contributed by atoms with Crippen LogP contribution in [0.4, 0.5) is 17.1 Å². The van der Waals surface area contributed by atoms with E-state index in [-0.39, 0.29) is 5.41 Å². The highest BCUT2D eigenvalue weighted by molar-refractivity contribution is 6.10. The fourth-order valence-electron chi connectivity index (χ4n) is 11.5. The molecule has 13 rings (SSSR count). The molecule has 1 heterocycles. The summed E-state index contributed by atoms with van der Waals surface area (Å²) in [6, 6.07) is 97.9. The first kappa shape index (κ1) is 42.1. The van der Waals surface area contributed by atoms with Crippen molar-refractivity contribution < 1.29 is 0 Å². The van der Waals surface area contributed by atoms with Crippen molar-refractivity contribution in [1.29, 1.82) is 0 Å². The molecule has 2 nitrogen and oxygen atoms in total. The average Bonchev–Trinajstić information content (AvgIpc) is 3.89. The van der Waals surface area contributed by atoms with Gasteiger partial charge in [0, 0.05) is 38.8 Å². The number of hydrogen-bond donors (Lipinski definition) is 0. The molecule has 71 heavy (non-hydrogen) atoms. The summed E-state index contributed by atoms with van der Waals surface area (Å²) in [6.45, 7) is 4.78. The van der Waals surface area contributed by atoms with Crippen molar-refractivity contribution in [3.05, 3.63) is 278 Å². The van der Waals surface area contributed by atoms with Crippen LogP contribution in [0.25, 0.3) is 94.3 Å². The van der Waals surface area contributed by atoms with Crippen LogP contribution in [0.5, 0.6) is 0 Å². The van der Waals surface area contributed by atoms with E-state index in [2.05, 4.69) is 290 Å². The minimum atomic E-state index is -0.205. The zero-order valence-electron chi connectivity index (χ0n) is 39.8. The monoisotopic (exact) mass is 906 g/mol. The SMILES string of the molecule is CC1(C)c2ccccc2-c2cccc(-c3cccc(N(c4ccc(-c5ccccc5)cc4)c4ccc(-c5ccc6c7ccccc7n(-c7ccccc7)c6c5)cc4)c3-c3cccc(-c4ccccc4)c3)c21. The van der Waals surface area contributed by atoms with Gasteiger partial charge in [-0.3, -0.25) is 0 Å². The van der Waals surface area contributed by atoms with Gasteiger partial charge in [-0.15, -0.1) is 0 Å². The van der Waals surface area contributed by atoms with Crippen LogP contribution in [0, 0.1) is 0 Å². The molecule has 0 radical (unpaired) electrons. The summed E-state index contributed by atoms with van der Waals surface area (Å²) in [7, 11) is 0. The molecule has 0 atom stereocenters. The Morgan fingerprint density at radius 1 is 0.324 bits per heavy atom. The van der Waals surface area contributed by atoms with E-state index in [1.165, 1.54) is 88.6 Å². The molecule has 0 saturated heterocycles. The molecule has 1 aromatic heterocycles. The van der Waals surface area contributed by atoms with E-state index in [1.54, 1.807) is 0 Å². The summed E-state index contributed by atoms with van der Waals surface area (Å²) >= 11 is 0. The van der Waals surface area contributed by atoms with Crippen molar-refractivity contribution in [3.63, 3.8) is 0 Å². The first-order valence-electron chi connectivity index (χ1n) is 24.7. The van der Waals surface area contributed by atoms with Crippen LogP contribution in [-0.2, 0) is 5.41 Å². The number of nitrogens with zero attached hydrogens (tertiary/aromatic N) is 2. The Bertz CT molecular complexity index is 3920. The van der Waals surface area contributed by atoms with E-state index in [0.717, 1.165) is 33.9 Å². The Labute approximate surface area is 416 Å². The highest BCUT2D eigenvalue weighted by atomic mass is 15.1. The van der Waals surface area contributed by atoms with Crippen LogP contribution < -0.4 is 4.90 Å². The van der Waals surface area contributed by atoms with Crippen LogP contribution in [0.2, 0.25) is 0 Å². The molecule has 0 aliphatic heterocycles. The van der Waals surface area contributed by atoms with Crippen molar-refractivity contribution in [2.24, 2.45) is 0 Å². The largest absolute Gasteiger partial charge is 0.310 e. The molecule has 336 valence electrons. The fourth-order valence-corrected chi connectivity index (χ4v) is 11.5. The standard InChI is InChI=1S/C69H50N2/c1-69(2)63-32-14-12-27-57(63)61-30-17-31-62(68(61)69)60-29-18-34-65(67(60)53-24-16-23-51(45-53)48-21-8-4-9-22-48)70(55-40-35-49(36-41-55)47-19-6-3-7-20-47)56-42-37-50(38-43-56)52-39-44-59-58-28-13-15-33-64(58)71(66(59)46-52)54-25-10-5-11-26-54/h3-46H,1-2H3. The smallest absolute Gasteiger partial charge is 0.0547 e. The lowest BCUT2D eigenvalue weighted by Gasteiger charge is -2.31. The molecule has 0 unspecified atom stereocenters. The first-order chi connectivity index (χ1) is 35.0. The average molecular weight is 907 g/mol. The van der Waals surface area contributed by atoms with Crippen molar-refractivity contribution in [3.8, 4) is 72.4 Å². The summed E-state index contributed by atoms with van der Waals surface area (Å²) in [4.78, 5) is 2.46. The van der Waals surface area contributed by atoms with E-state index in [9.17, 15) is 0 Å². The van der Waals surface area contributed by atoms with Crippen molar-refractivity contribution >= 4 is 38.9 Å². The minimum Gasteiger partial charge on any atom is -0.310 e. The zero-order chi connectivity index (χ0) is 47.5. The van der Waals surface area contributed by atoms with Gasteiger partial charge in [-0.25, -0.2) is 0 Å². The summed E-state index contributed by atoms with van der Waals surface area (Å²) in [5, 5.41) is 2.50. The molecule has 1 aliphatic rings. The maximum Gasteiger partial charge on any atom is 0.0547 e. The lowest BCUT2D eigenvalue weighted by Crippen LogP contribution is -2.16. The predicted molar refractivity (Wildman–Crippen MR) is 300 cm³/mol. The molecule has 0 spiro atoms. The Balaban J connectivity index is 1.02. The molecule has 0 saturated carbocycles. The van der Waals surface area contributed by atoms with E-state index >= 15 is 0 Å². The second-order valence-corrected chi connectivity index (χ2v) is 19.3. The van der Waals surface area contributed by atoms with Gasteiger partial charge in [0.1, 0.15) is 0 Å². The van der Waals surface area contributed by atoms with E-state index in [1.807, 2.05) is 0 Å². The lowest BCUT2D eigenvalue weighted by molar-refractivity contribution is 0.662. The highest BCUT2D eigenvalue weighted by Crippen LogP contribution is 2.55. The third kappa shape index (κ3) is 7.18. The van der Waals surface area contributed by atoms with Crippen LogP contribution in [0.3, 0.4) is 0 Å². The molecule has 2 heteroatoms. The van der Waals surface area contributed by atoms with Gasteiger partial charge in [-0.05, 0) is 133 Å². The number of para-hydroxylation sites is 2. The van der Waals surface area contributed by atoms with E-state index in [0.29, 0.717) is 0 Å². The summed E-state index contributed by atoms with van der Waals surface area (Å²) in [5.74, 6) is 0. The number of hydrogen-bond acceptors (Lipinski definition) is 1. The van der Waals surface area contributed by atoms with Gasteiger partial charge < -0.3 is 9.47 Å². The maximum atomic E-state index is 2.46. The van der Waals surface area contributed by atoms with E-state index < -0.39 is 0 Å². The first-order valence-corrected chi connectivity index (χ1v) is 24.7. The van der Waals surface area contributed by atoms with Crippen molar-refractivity contribution in [2.75, 3.05) is 4.90 Å². The molecule has 0 bridgehead atoms. The molecule has 12 aromatic rings. The van der Waals surface area contributed by atoms with Gasteiger partial charge in [0.15, 0.2) is 0 Å². The molecule has 1 aliphatic carbocycles. The maximum absolute atomic E-state index is 2.46. The Morgan fingerprint density at radius 2 is 0.789 bits per heavy atom. The quantitative estimate of drug-likeness (QED) is 0.140. The Hall–Kier alpha value is -8.98. The summed E-state index contributed by atoms with van der Waals surface area (Å²) < 4.78 is 2.40. The number of fused-ring (bicyclic) bond motifs is 6. The van der Waals surface area contributed by atoms with Gasteiger partial charge >= 0.3 is 0 Å². The molecular weight excluding hydrogens is 857 g/mol. The number of rotatable bonds is 9. The van der Waals surface area contributed by atoms with Crippen molar-refractivity contribution in [2.45, 2.75) is 19.3 Å². The van der Waals surface area contributed by atoms with Gasteiger partial charge in [0.05, 0.1) is 16.7 Å². The predicted octanol–water partition coefficient (Wildman–Crippen LogP) is 18.9. The third-order valence-electron chi connectivity index (χ3n) is 14.8. The number of benzene rings is 11. The fraction of sp³-hybridized carbons (Fsp3) is 0.0435. The number of aromatic nitrogens is 1. The Kier molecular flexibility index (Phi) is 10.2. The van der Waals surface area contributed by atoms with Gasteiger partial charge in [0.25, 0.3) is 0 Å². The van der Waals surface area contributed by atoms with Crippen LogP contribution in [0.1, 0.15) is 25.0 Å². The normalized spacial score (nSPS) is 12.5. The molecule has 11 aromatic carbocycles. The van der Waals surface area contributed by atoms with Crippen LogP contribution >= 0.6 is 0 Å². The second kappa shape index (κ2) is 17.2. The zero-order valence-corrected chi connectivity index (χ0v) is 39.8. The van der Waals surface area contributed by atoms with Gasteiger partial charge in [-0.1, -0.05) is 220 Å². The van der Waals surface area contributed by atoms with Crippen LogP contribution in [0.15, 0.2) is 267 Å².